The minimum Gasteiger partial charge on any atom is -0.334 e. The van der Waals surface area contributed by atoms with Gasteiger partial charge in [0.05, 0.1) is 6.54 Å². The van der Waals surface area contributed by atoms with E-state index < -0.39 is 0 Å². The quantitative estimate of drug-likeness (QED) is 0.848. The highest BCUT2D eigenvalue weighted by molar-refractivity contribution is 5.94. The fraction of sp³-hybridized carbons (Fsp3) is 0.300. The number of hydrogen-bond acceptors (Lipinski definition) is 2. The van der Waals surface area contributed by atoms with Crippen LogP contribution in [0.4, 0.5) is 5.69 Å². The van der Waals surface area contributed by atoms with Crippen molar-refractivity contribution >= 4 is 17.5 Å². The van der Waals surface area contributed by atoms with Gasteiger partial charge in [-0.1, -0.05) is 42.5 Å². The predicted molar refractivity (Wildman–Crippen MR) is 96.8 cm³/mol. The third kappa shape index (κ3) is 5.88. The molecule has 2 aromatic rings. The number of anilines is 1. The van der Waals surface area contributed by atoms with Crippen molar-refractivity contribution in [1.29, 1.82) is 0 Å². The van der Waals surface area contributed by atoms with Gasteiger partial charge in [-0.2, -0.15) is 0 Å². The van der Waals surface area contributed by atoms with E-state index in [-0.39, 0.29) is 18.4 Å². The van der Waals surface area contributed by atoms with E-state index in [9.17, 15) is 9.59 Å². The second-order valence-electron chi connectivity index (χ2n) is 5.95. The van der Waals surface area contributed by atoms with E-state index in [1.807, 2.05) is 49.4 Å². The summed E-state index contributed by atoms with van der Waals surface area (Å²) in [5.41, 5.74) is 3.08. The number of carbonyl (C=O) groups excluding carboxylic acids is 2. The summed E-state index contributed by atoms with van der Waals surface area (Å²) in [6.45, 7) is 4.13. The number of rotatable bonds is 7. The van der Waals surface area contributed by atoms with Gasteiger partial charge in [-0.25, -0.2) is 0 Å². The van der Waals surface area contributed by atoms with E-state index in [4.69, 9.17) is 0 Å². The molecule has 1 N–H and O–H groups in total. The van der Waals surface area contributed by atoms with E-state index in [1.165, 1.54) is 12.5 Å². The first kappa shape index (κ1) is 17.7. The van der Waals surface area contributed by atoms with Crippen molar-refractivity contribution in [3.05, 3.63) is 65.7 Å². The molecule has 24 heavy (non-hydrogen) atoms. The maximum atomic E-state index is 12.2. The molecular formula is C20H24N2O2. The van der Waals surface area contributed by atoms with Crippen molar-refractivity contribution in [3.8, 4) is 0 Å². The second-order valence-corrected chi connectivity index (χ2v) is 5.95. The molecule has 2 rings (SSSR count). The molecule has 0 fully saturated rings. The summed E-state index contributed by atoms with van der Waals surface area (Å²) in [5, 5.41) is 2.84. The number of nitrogens with one attached hydrogen (secondary N) is 1. The summed E-state index contributed by atoms with van der Waals surface area (Å²) < 4.78 is 0. The lowest BCUT2D eigenvalue weighted by molar-refractivity contribution is -0.132. The first-order valence-corrected chi connectivity index (χ1v) is 8.20. The fourth-order valence-corrected chi connectivity index (χ4v) is 2.56. The Labute approximate surface area is 143 Å². The summed E-state index contributed by atoms with van der Waals surface area (Å²) in [5.74, 6) is -0.252. The van der Waals surface area contributed by atoms with E-state index in [0.29, 0.717) is 6.54 Å². The molecule has 126 valence electrons. The summed E-state index contributed by atoms with van der Waals surface area (Å²) in [7, 11) is 0. The zero-order valence-corrected chi connectivity index (χ0v) is 14.3. The van der Waals surface area contributed by atoms with E-state index >= 15 is 0 Å². The fourth-order valence-electron chi connectivity index (χ4n) is 2.56. The molecule has 0 aliphatic heterocycles. The molecule has 0 bridgehead atoms. The number of nitrogens with zero attached hydrogens (tertiary/aromatic N) is 1. The minimum absolute atomic E-state index is 0.0811. The first-order valence-electron chi connectivity index (χ1n) is 8.20. The lowest BCUT2D eigenvalue weighted by atomic mass is 10.1. The molecule has 4 nitrogen and oxygen atoms in total. The van der Waals surface area contributed by atoms with Crippen LogP contribution in [0.25, 0.3) is 0 Å². The lowest BCUT2D eigenvalue weighted by Crippen LogP contribution is -2.37. The number of amides is 2. The molecule has 0 aliphatic rings. The molecule has 2 amide bonds. The van der Waals surface area contributed by atoms with E-state index in [0.717, 1.165) is 24.1 Å². The number of hydrogen-bond donors (Lipinski definition) is 1. The molecule has 0 saturated carbocycles. The Morgan fingerprint density at radius 2 is 1.79 bits per heavy atom. The van der Waals surface area contributed by atoms with Gasteiger partial charge in [0.2, 0.25) is 11.8 Å². The molecule has 0 atom stereocenters. The zero-order chi connectivity index (χ0) is 17.4. The van der Waals surface area contributed by atoms with Crippen molar-refractivity contribution < 1.29 is 9.59 Å². The molecule has 4 heteroatoms. The molecule has 2 aromatic carbocycles. The molecule has 0 saturated heterocycles. The Balaban J connectivity index is 1.84. The third-order valence-electron chi connectivity index (χ3n) is 3.82. The van der Waals surface area contributed by atoms with Gasteiger partial charge in [0, 0.05) is 19.2 Å². The van der Waals surface area contributed by atoms with Crippen LogP contribution in [-0.2, 0) is 16.0 Å². The van der Waals surface area contributed by atoms with Gasteiger partial charge in [0.25, 0.3) is 0 Å². The predicted octanol–water partition coefficient (Wildman–Crippen LogP) is 3.41. The molecule has 0 heterocycles. The van der Waals surface area contributed by atoms with Gasteiger partial charge in [0.1, 0.15) is 0 Å². The third-order valence-corrected chi connectivity index (χ3v) is 3.82. The smallest absolute Gasteiger partial charge is 0.243 e. The van der Waals surface area contributed by atoms with Crippen LogP contribution >= 0.6 is 0 Å². The molecule has 0 radical (unpaired) electrons. The molecule has 0 aliphatic carbocycles. The van der Waals surface area contributed by atoms with E-state index in [2.05, 4.69) is 17.4 Å². The summed E-state index contributed by atoms with van der Waals surface area (Å²) >= 11 is 0. The van der Waals surface area contributed by atoms with Crippen LogP contribution in [0.15, 0.2) is 54.6 Å². The Morgan fingerprint density at radius 3 is 2.46 bits per heavy atom. The van der Waals surface area contributed by atoms with Crippen LogP contribution in [0.1, 0.15) is 24.5 Å². The average molecular weight is 324 g/mol. The maximum absolute atomic E-state index is 12.2. The van der Waals surface area contributed by atoms with Gasteiger partial charge >= 0.3 is 0 Å². The van der Waals surface area contributed by atoms with Crippen molar-refractivity contribution in [2.75, 3.05) is 18.4 Å². The zero-order valence-electron chi connectivity index (χ0n) is 14.3. The average Bonchev–Trinajstić information content (AvgIpc) is 2.54. The number of carbonyl (C=O) groups is 2. The number of benzene rings is 2. The Hall–Kier alpha value is -2.62. The Kier molecular flexibility index (Phi) is 6.55. The monoisotopic (exact) mass is 324 g/mol. The topological polar surface area (TPSA) is 49.4 Å². The summed E-state index contributed by atoms with van der Waals surface area (Å²) in [4.78, 5) is 25.5. The van der Waals surface area contributed by atoms with Crippen LogP contribution in [0.2, 0.25) is 0 Å². The summed E-state index contributed by atoms with van der Waals surface area (Å²) in [6.07, 6.45) is 1.73. The van der Waals surface area contributed by atoms with Crippen molar-refractivity contribution in [2.45, 2.75) is 26.7 Å². The standard InChI is InChI=1S/C20H24N2O2/c1-16-8-6-12-19(14-16)21-20(24)15-22(17(2)23)13-7-11-18-9-4-3-5-10-18/h3-6,8-10,12,14H,7,11,13,15H2,1-2H3,(H,21,24). The van der Waals surface area contributed by atoms with Crippen LogP contribution in [-0.4, -0.2) is 29.8 Å². The van der Waals surface area contributed by atoms with Crippen LogP contribution in [0.5, 0.6) is 0 Å². The highest BCUT2D eigenvalue weighted by Crippen LogP contribution is 2.10. The normalized spacial score (nSPS) is 10.2. The van der Waals surface area contributed by atoms with Gasteiger partial charge in [-0.05, 0) is 43.0 Å². The molecule has 0 spiro atoms. The van der Waals surface area contributed by atoms with Gasteiger partial charge < -0.3 is 10.2 Å². The molecule has 0 unspecified atom stereocenters. The maximum Gasteiger partial charge on any atom is 0.243 e. The van der Waals surface area contributed by atoms with Crippen LogP contribution in [0.3, 0.4) is 0 Å². The Morgan fingerprint density at radius 1 is 1.04 bits per heavy atom. The lowest BCUT2D eigenvalue weighted by Gasteiger charge is -2.20. The van der Waals surface area contributed by atoms with E-state index in [1.54, 1.807) is 4.90 Å². The van der Waals surface area contributed by atoms with Gasteiger partial charge in [-0.15, -0.1) is 0 Å². The second kappa shape index (κ2) is 8.87. The number of aryl methyl sites for hydroxylation is 2. The van der Waals surface area contributed by atoms with Crippen molar-refractivity contribution in [2.24, 2.45) is 0 Å². The Bertz CT molecular complexity index is 683. The minimum atomic E-state index is -0.171. The van der Waals surface area contributed by atoms with Crippen molar-refractivity contribution in [1.82, 2.24) is 4.90 Å². The van der Waals surface area contributed by atoms with Gasteiger partial charge in [-0.3, -0.25) is 9.59 Å². The van der Waals surface area contributed by atoms with Crippen molar-refractivity contribution in [3.63, 3.8) is 0 Å². The van der Waals surface area contributed by atoms with Crippen LogP contribution < -0.4 is 5.32 Å². The highest BCUT2D eigenvalue weighted by Gasteiger charge is 2.13. The molecular weight excluding hydrogens is 300 g/mol. The van der Waals surface area contributed by atoms with Gasteiger partial charge in [0.15, 0.2) is 0 Å². The summed E-state index contributed by atoms with van der Waals surface area (Å²) in [6, 6.07) is 17.8. The largest absolute Gasteiger partial charge is 0.334 e. The molecule has 0 aromatic heterocycles. The highest BCUT2D eigenvalue weighted by atomic mass is 16.2. The van der Waals surface area contributed by atoms with Crippen LogP contribution in [0, 0.1) is 6.92 Å². The SMILES string of the molecule is CC(=O)N(CCCc1ccccc1)CC(=O)Nc1cccc(C)c1. The first-order chi connectivity index (χ1) is 11.5.